The van der Waals surface area contributed by atoms with Crippen LogP contribution in [-0.2, 0) is 0 Å². The first-order valence-corrected chi connectivity index (χ1v) is 8.02. The molecular weight excluding hydrogens is 276 g/mol. The number of amides is 1. The number of pyridine rings is 1. The van der Waals surface area contributed by atoms with Gasteiger partial charge >= 0.3 is 0 Å². The Bertz CT molecular complexity index is 615. The lowest BCUT2D eigenvalue weighted by molar-refractivity contribution is 0.0952. The zero-order valence-electron chi connectivity index (χ0n) is 13.0. The smallest absolute Gasteiger partial charge is 0.295 e. The molecule has 22 heavy (non-hydrogen) atoms. The van der Waals surface area contributed by atoms with Crippen LogP contribution in [0.5, 0.6) is 0 Å². The summed E-state index contributed by atoms with van der Waals surface area (Å²) in [6.07, 6.45) is 9.50. The predicted molar refractivity (Wildman–Crippen MR) is 85.9 cm³/mol. The number of carbonyl (C=O) groups is 1. The number of hydrogen-bond donors (Lipinski definition) is 0. The molecule has 1 fully saturated rings. The van der Waals surface area contributed by atoms with E-state index in [0.717, 1.165) is 12.1 Å². The number of carbonyl (C=O) groups excluding carboxylic acids is 1. The summed E-state index contributed by atoms with van der Waals surface area (Å²) >= 11 is 0. The molecule has 2 heterocycles. The summed E-state index contributed by atoms with van der Waals surface area (Å²) in [5.74, 6) is 1.58. The summed E-state index contributed by atoms with van der Waals surface area (Å²) in [6.45, 7) is 2.62. The first-order chi connectivity index (χ1) is 10.8. The first-order valence-electron chi connectivity index (χ1n) is 8.02. The van der Waals surface area contributed by atoms with Crippen molar-refractivity contribution in [3.63, 3.8) is 0 Å². The van der Waals surface area contributed by atoms with Crippen LogP contribution >= 0.6 is 0 Å². The maximum Gasteiger partial charge on any atom is 0.295 e. The predicted octanol–water partition coefficient (Wildman–Crippen LogP) is 4.21. The molecule has 0 aromatic carbocycles. The number of rotatable bonds is 4. The molecule has 1 amide bonds. The second-order valence-electron chi connectivity index (χ2n) is 6.04. The number of furan rings is 1. The van der Waals surface area contributed by atoms with E-state index < -0.39 is 0 Å². The number of nitrogens with zero attached hydrogens (tertiary/aromatic N) is 2. The Morgan fingerprint density at radius 2 is 2.09 bits per heavy atom. The van der Waals surface area contributed by atoms with E-state index in [0.29, 0.717) is 17.5 Å². The van der Waals surface area contributed by atoms with Crippen molar-refractivity contribution >= 4 is 11.7 Å². The van der Waals surface area contributed by atoms with E-state index in [4.69, 9.17) is 4.42 Å². The fourth-order valence-electron chi connectivity index (χ4n) is 3.14. The minimum absolute atomic E-state index is 0.0910. The van der Waals surface area contributed by atoms with Gasteiger partial charge in [-0.2, -0.15) is 0 Å². The van der Waals surface area contributed by atoms with Gasteiger partial charge in [0.15, 0.2) is 5.76 Å². The highest BCUT2D eigenvalue weighted by Crippen LogP contribution is 2.27. The molecule has 0 radical (unpaired) electrons. The van der Waals surface area contributed by atoms with Gasteiger partial charge in [-0.15, -0.1) is 0 Å². The third-order valence-corrected chi connectivity index (χ3v) is 4.39. The number of aromatic nitrogens is 1. The minimum Gasteiger partial charge on any atom is -0.459 e. The second-order valence-corrected chi connectivity index (χ2v) is 6.04. The second kappa shape index (κ2) is 6.77. The summed E-state index contributed by atoms with van der Waals surface area (Å²) in [5.41, 5.74) is 0.870. The molecule has 116 valence electrons. The standard InChI is InChI=1S/C18H22N2O2/c1-14-10-12-22-17(14)18(21)20(16-9-5-6-11-19-16)13-15-7-3-2-4-8-15/h5-6,9-12,15H,2-4,7-8,13H2,1H3. The molecule has 0 N–H and O–H groups in total. The molecule has 0 aliphatic heterocycles. The summed E-state index contributed by atoms with van der Waals surface area (Å²) in [5, 5.41) is 0. The Hall–Kier alpha value is -2.10. The summed E-state index contributed by atoms with van der Waals surface area (Å²) in [7, 11) is 0. The number of aryl methyl sites for hydroxylation is 1. The van der Waals surface area contributed by atoms with Gasteiger partial charge in [0.2, 0.25) is 0 Å². The first kappa shape index (κ1) is 14.8. The Morgan fingerprint density at radius 1 is 1.27 bits per heavy atom. The quantitative estimate of drug-likeness (QED) is 0.849. The molecule has 0 saturated heterocycles. The van der Waals surface area contributed by atoms with E-state index in [1.807, 2.05) is 31.2 Å². The summed E-state index contributed by atoms with van der Waals surface area (Å²) in [4.78, 5) is 19.0. The molecule has 3 rings (SSSR count). The molecule has 0 bridgehead atoms. The molecule has 1 aliphatic carbocycles. The van der Waals surface area contributed by atoms with Crippen molar-refractivity contribution in [2.75, 3.05) is 11.4 Å². The maximum atomic E-state index is 12.9. The molecule has 1 saturated carbocycles. The van der Waals surface area contributed by atoms with E-state index in [9.17, 15) is 4.79 Å². The Kier molecular flexibility index (Phi) is 4.56. The number of hydrogen-bond acceptors (Lipinski definition) is 3. The van der Waals surface area contributed by atoms with Crippen molar-refractivity contribution in [1.29, 1.82) is 0 Å². The Morgan fingerprint density at radius 3 is 2.73 bits per heavy atom. The van der Waals surface area contributed by atoms with Crippen LogP contribution in [0.2, 0.25) is 0 Å². The molecule has 4 heteroatoms. The van der Waals surface area contributed by atoms with Crippen molar-refractivity contribution in [1.82, 2.24) is 4.98 Å². The maximum absolute atomic E-state index is 12.9. The van der Waals surface area contributed by atoms with Crippen LogP contribution in [0.15, 0.2) is 41.1 Å². The van der Waals surface area contributed by atoms with Gasteiger partial charge in [-0.05, 0) is 43.9 Å². The van der Waals surface area contributed by atoms with Crippen LogP contribution in [0.4, 0.5) is 5.82 Å². The van der Waals surface area contributed by atoms with Gasteiger partial charge in [0.05, 0.1) is 6.26 Å². The van der Waals surface area contributed by atoms with Crippen molar-refractivity contribution in [3.8, 4) is 0 Å². The monoisotopic (exact) mass is 298 g/mol. The van der Waals surface area contributed by atoms with Crippen molar-refractivity contribution in [3.05, 3.63) is 48.0 Å². The highest BCUT2D eigenvalue weighted by atomic mass is 16.3. The number of anilines is 1. The summed E-state index contributed by atoms with van der Waals surface area (Å²) in [6, 6.07) is 7.49. The average Bonchev–Trinajstić information content (AvgIpc) is 3.00. The van der Waals surface area contributed by atoms with E-state index in [1.54, 1.807) is 17.4 Å². The molecular formula is C18H22N2O2. The molecule has 1 aliphatic rings. The fourth-order valence-corrected chi connectivity index (χ4v) is 3.14. The van der Waals surface area contributed by atoms with Crippen molar-refractivity contribution in [2.24, 2.45) is 5.92 Å². The highest BCUT2D eigenvalue weighted by Gasteiger charge is 2.26. The van der Waals surface area contributed by atoms with E-state index in [-0.39, 0.29) is 5.91 Å². The van der Waals surface area contributed by atoms with Gasteiger partial charge in [-0.3, -0.25) is 9.69 Å². The lowest BCUT2D eigenvalue weighted by Crippen LogP contribution is -2.36. The SMILES string of the molecule is Cc1ccoc1C(=O)N(CC1CCCCC1)c1ccccn1. The Labute approximate surface area is 131 Å². The van der Waals surface area contributed by atoms with Crippen LogP contribution in [-0.4, -0.2) is 17.4 Å². The lowest BCUT2D eigenvalue weighted by Gasteiger charge is -2.28. The third-order valence-electron chi connectivity index (χ3n) is 4.39. The van der Waals surface area contributed by atoms with Crippen molar-refractivity contribution < 1.29 is 9.21 Å². The van der Waals surface area contributed by atoms with Gasteiger partial charge in [0.1, 0.15) is 5.82 Å². The van der Waals surface area contributed by atoms with E-state index >= 15 is 0 Å². The molecule has 0 spiro atoms. The fraction of sp³-hybridized carbons (Fsp3) is 0.444. The zero-order chi connectivity index (χ0) is 15.4. The van der Waals surface area contributed by atoms with Crippen LogP contribution < -0.4 is 4.90 Å². The van der Waals surface area contributed by atoms with Crippen molar-refractivity contribution in [2.45, 2.75) is 39.0 Å². The van der Waals surface area contributed by atoms with Gasteiger partial charge in [0, 0.05) is 18.3 Å². The van der Waals surface area contributed by atoms with E-state index in [1.165, 1.54) is 32.1 Å². The van der Waals surface area contributed by atoms with Crippen LogP contribution in [0.25, 0.3) is 0 Å². The average molecular weight is 298 g/mol. The van der Waals surface area contributed by atoms with Gasteiger partial charge in [-0.25, -0.2) is 4.98 Å². The molecule has 2 aromatic heterocycles. The normalized spacial score (nSPS) is 15.7. The minimum atomic E-state index is -0.0910. The molecule has 2 aromatic rings. The van der Waals surface area contributed by atoms with Crippen LogP contribution in [0.1, 0.15) is 48.2 Å². The van der Waals surface area contributed by atoms with Crippen LogP contribution in [0.3, 0.4) is 0 Å². The largest absolute Gasteiger partial charge is 0.459 e. The van der Waals surface area contributed by atoms with Gasteiger partial charge < -0.3 is 4.42 Å². The lowest BCUT2D eigenvalue weighted by atomic mass is 9.89. The van der Waals surface area contributed by atoms with Gasteiger partial charge in [0.25, 0.3) is 5.91 Å². The zero-order valence-corrected chi connectivity index (χ0v) is 13.0. The molecule has 4 nitrogen and oxygen atoms in total. The highest BCUT2D eigenvalue weighted by molar-refractivity contribution is 6.04. The van der Waals surface area contributed by atoms with E-state index in [2.05, 4.69) is 4.98 Å². The van der Waals surface area contributed by atoms with Crippen LogP contribution in [0, 0.1) is 12.8 Å². The topological polar surface area (TPSA) is 46.3 Å². The summed E-state index contributed by atoms with van der Waals surface area (Å²) < 4.78 is 5.40. The Balaban J connectivity index is 1.85. The molecule has 0 unspecified atom stereocenters. The molecule has 0 atom stereocenters. The third kappa shape index (κ3) is 3.21. The van der Waals surface area contributed by atoms with Gasteiger partial charge in [-0.1, -0.05) is 25.3 Å².